The molecule has 5 nitrogen and oxygen atoms in total. The highest BCUT2D eigenvalue weighted by Gasteiger charge is 2.11. The zero-order chi connectivity index (χ0) is 15.2. The summed E-state index contributed by atoms with van der Waals surface area (Å²) in [5.41, 5.74) is 1.67. The van der Waals surface area contributed by atoms with Gasteiger partial charge in [0.15, 0.2) is 11.5 Å². The maximum Gasteiger partial charge on any atom is 0.339 e. The molecule has 0 aromatic heterocycles. The van der Waals surface area contributed by atoms with Gasteiger partial charge in [-0.3, -0.25) is 0 Å². The van der Waals surface area contributed by atoms with Crippen LogP contribution in [0.25, 0.3) is 0 Å². The SMILES string of the molecule is O=C(Cc1ccccc1)ON=Cc1ccc2c(c1)OCCO2. The number of oxime groups is 1. The summed E-state index contributed by atoms with van der Waals surface area (Å²) in [4.78, 5) is 16.5. The number of nitrogens with zero attached hydrogens (tertiary/aromatic N) is 1. The molecule has 0 aliphatic carbocycles. The van der Waals surface area contributed by atoms with Crippen molar-refractivity contribution in [3.05, 3.63) is 59.7 Å². The molecule has 112 valence electrons. The number of carbonyl (C=O) groups excluding carboxylic acids is 1. The molecule has 0 saturated heterocycles. The summed E-state index contributed by atoms with van der Waals surface area (Å²) in [5.74, 6) is 0.982. The number of rotatable bonds is 4. The van der Waals surface area contributed by atoms with E-state index in [1.807, 2.05) is 42.5 Å². The third kappa shape index (κ3) is 3.63. The summed E-state index contributed by atoms with van der Waals surface area (Å²) < 4.78 is 10.9. The molecular formula is C17H15NO4. The molecule has 3 rings (SSSR count). The van der Waals surface area contributed by atoms with E-state index in [1.165, 1.54) is 6.21 Å². The van der Waals surface area contributed by atoms with E-state index >= 15 is 0 Å². The molecule has 0 N–H and O–H groups in total. The summed E-state index contributed by atoms with van der Waals surface area (Å²) >= 11 is 0. The first-order chi connectivity index (χ1) is 10.8. The maximum atomic E-state index is 11.7. The van der Waals surface area contributed by atoms with Crippen molar-refractivity contribution in [1.82, 2.24) is 0 Å². The van der Waals surface area contributed by atoms with E-state index in [9.17, 15) is 4.79 Å². The predicted octanol–water partition coefficient (Wildman–Crippen LogP) is 2.58. The van der Waals surface area contributed by atoms with Crippen molar-refractivity contribution < 1.29 is 19.1 Å². The minimum absolute atomic E-state index is 0.194. The van der Waals surface area contributed by atoms with Gasteiger partial charge in [-0.1, -0.05) is 35.5 Å². The molecule has 0 bridgehead atoms. The van der Waals surface area contributed by atoms with Gasteiger partial charge in [-0.25, -0.2) is 4.79 Å². The molecule has 1 aliphatic heterocycles. The van der Waals surface area contributed by atoms with Crippen LogP contribution < -0.4 is 9.47 Å². The van der Waals surface area contributed by atoms with Gasteiger partial charge in [0.2, 0.25) is 0 Å². The summed E-state index contributed by atoms with van der Waals surface area (Å²) in [7, 11) is 0. The molecular weight excluding hydrogens is 282 g/mol. The second-order valence-electron chi connectivity index (χ2n) is 4.76. The molecule has 5 heteroatoms. The summed E-state index contributed by atoms with van der Waals surface area (Å²) in [5, 5.41) is 3.72. The second-order valence-corrected chi connectivity index (χ2v) is 4.76. The molecule has 22 heavy (non-hydrogen) atoms. The summed E-state index contributed by atoms with van der Waals surface area (Å²) in [6.07, 6.45) is 1.67. The van der Waals surface area contributed by atoms with Crippen LogP contribution in [-0.4, -0.2) is 25.4 Å². The summed E-state index contributed by atoms with van der Waals surface area (Å²) in [6.45, 7) is 1.08. The van der Waals surface area contributed by atoms with Crippen molar-refractivity contribution in [2.24, 2.45) is 5.16 Å². The first kappa shape index (κ1) is 14.1. The zero-order valence-electron chi connectivity index (χ0n) is 11.9. The quantitative estimate of drug-likeness (QED) is 0.494. The van der Waals surface area contributed by atoms with E-state index in [1.54, 1.807) is 6.07 Å². The van der Waals surface area contributed by atoms with Gasteiger partial charge in [0.25, 0.3) is 0 Å². The van der Waals surface area contributed by atoms with Crippen LogP contribution in [0, 0.1) is 0 Å². The Bertz CT molecular complexity index is 682. The van der Waals surface area contributed by atoms with Crippen molar-refractivity contribution >= 4 is 12.2 Å². The van der Waals surface area contributed by atoms with E-state index in [-0.39, 0.29) is 6.42 Å². The van der Waals surface area contributed by atoms with Gasteiger partial charge in [-0.2, -0.15) is 0 Å². The minimum Gasteiger partial charge on any atom is -0.486 e. The molecule has 0 atom stereocenters. The molecule has 1 heterocycles. The lowest BCUT2D eigenvalue weighted by molar-refractivity contribution is -0.142. The Balaban J connectivity index is 1.56. The largest absolute Gasteiger partial charge is 0.486 e. The van der Waals surface area contributed by atoms with Gasteiger partial charge < -0.3 is 14.3 Å². The van der Waals surface area contributed by atoms with E-state index in [4.69, 9.17) is 14.3 Å². The van der Waals surface area contributed by atoms with Crippen LogP contribution in [0.3, 0.4) is 0 Å². The molecule has 0 amide bonds. The van der Waals surface area contributed by atoms with Crippen LogP contribution in [-0.2, 0) is 16.1 Å². The molecule has 2 aromatic carbocycles. The smallest absolute Gasteiger partial charge is 0.339 e. The third-order valence-electron chi connectivity index (χ3n) is 3.11. The molecule has 0 fully saturated rings. The lowest BCUT2D eigenvalue weighted by atomic mass is 10.2. The first-order valence-corrected chi connectivity index (χ1v) is 6.98. The number of hydrogen-bond acceptors (Lipinski definition) is 5. The Morgan fingerprint density at radius 2 is 1.86 bits per heavy atom. The van der Waals surface area contributed by atoms with Gasteiger partial charge in [0, 0.05) is 5.56 Å². The van der Waals surface area contributed by atoms with Crippen LogP contribution in [0.1, 0.15) is 11.1 Å². The maximum absolute atomic E-state index is 11.7. The highest BCUT2D eigenvalue weighted by atomic mass is 16.7. The van der Waals surface area contributed by atoms with Gasteiger partial charge in [0.05, 0.1) is 12.6 Å². The van der Waals surface area contributed by atoms with Crippen molar-refractivity contribution in [2.45, 2.75) is 6.42 Å². The Hall–Kier alpha value is -2.82. The van der Waals surface area contributed by atoms with Gasteiger partial charge in [-0.15, -0.1) is 0 Å². The minimum atomic E-state index is -0.403. The fourth-order valence-electron chi connectivity index (χ4n) is 2.08. The topological polar surface area (TPSA) is 57.1 Å². The second kappa shape index (κ2) is 6.76. The fraction of sp³-hybridized carbons (Fsp3) is 0.176. The van der Waals surface area contributed by atoms with Crippen LogP contribution in [0.5, 0.6) is 11.5 Å². The number of fused-ring (bicyclic) bond motifs is 1. The Morgan fingerprint density at radius 3 is 2.68 bits per heavy atom. The standard InChI is InChI=1S/C17H15NO4/c19-17(11-13-4-2-1-3-5-13)22-18-12-14-6-7-15-16(10-14)21-9-8-20-15/h1-7,10,12H,8-9,11H2. The molecule has 0 saturated carbocycles. The van der Waals surface area contributed by atoms with Crippen molar-refractivity contribution in [2.75, 3.05) is 13.2 Å². The average Bonchev–Trinajstić information content (AvgIpc) is 2.55. The number of carbonyl (C=O) groups is 1. The molecule has 2 aromatic rings. The van der Waals surface area contributed by atoms with Crippen molar-refractivity contribution in [1.29, 1.82) is 0 Å². The number of ether oxygens (including phenoxy) is 2. The molecule has 0 unspecified atom stereocenters. The molecule has 1 aliphatic rings. The van der Waals surface area contributed by atoms with Crippen molar-refractivity contribution in [3.8, 4) is 11.5 Å². The van der Waals surface area contributed by atoms with Crippen LogP contribution in [0.2, 0.25) is 0 Å². The molecule has 0 spiro atoms. The zero-order valence-corrected chi connectivity index (χ0v) is 11.9. The lowest BCUT2D eigenvalue weighted by Gasteiger charge is -2.18. The van der Waals surface area contributed by atoms with Crippen LogP contribution in [0.15, 0.2) is 53.7 Å². The van der Waals surface area contributed by atoms with Gasteiger partial charge in [-0.05, 0) is 23.8 Å². The van der Waals surface area contributed by atoms with Gasteiger partial charge in [0.1, 0.15) is 13.2 Å². The average molecular weight is 297 g/mol. The van der Waals surface area contributed by atoms with E-state index in [0.29, 0.717) is 24.7 Å². The first-order valence-electron chi connectivity index (χ1n) is 6.98. The highest BCUT2D eigenvalue weighted by Crippen LogP contribution is 2.30. The van der Waals surface area contributed by atoms with E-state index < -0.39 is 5.97 Å². The third-order valence-corrected chi connectivity index (χ3v) is 3.11. The predicted molar refractivity (Wildman–Crippen MR) is 81.3 cm³/mol. The van der Waals surface area contributed by atoms with Gasteiger partial charge >= 0.3 is 5.97 Å². The number of benzene rings is 2. The van der Waals surface area contributed by atoms with Crippen LogP contribution in [0.4, 0.5) is 0 Å². The monoisotopic (exact) mass is 297 g/mol. The lowest BCUT2D eigenvalue weighted by Crippen LogP contribution is -2.15. The Morgan fingerprint density at radius 1 is 1.09 bits per heavy atom. The van der Waals surface area contributed by atoms with Crippen LogP contribution >= 0.6 is 0 Å². The highest BCUT2D eigenvalue weighted by molar-refractivity contribution is 5.81. The van der Waals surface area contributed by atoms with E-state index in [2.05, 4.69) is 5.16 Å². The summed E-state index contributed by atoms with van der Waals surface area (Å²) in [6, 6.07) is 14.8. The molecule has 0 radical (unpaired) electrons. The number of hydrogen-bond donors (Lipinski definition) is 0. The van der Waals surface area contributed by atoms with E-state index in [0.717, 1.165) is 11.1 Å². The Kier molecular flexibility index (Phi) is 4.34. The fourth-order valence-corrected chi connectivity index (χ4v) is 2.08. The van der Waals surface area contributed by atoms with Crippen molar-refractivity contribution in [3.63, 3.8) is 0 Å². The Labute approximate surface area is 128 Å². The normalized spacial score (nSPS) is 13.1.